The van der Waals surface area contributed by atoms with Crippen LogP contribution in [-0.4, -0.2) is 42.1 Å². The number of aromatic nitrogens is 4. The first-order valence-electron chi connectivity index (χ1n) is 10.7. The van der Waals surface area contributed by atoms with Gasteiger partial charge in [0, 0.05) is 16.5 Å². The predicted octanol–water partition coefficient (Wildman–Crippen LogP) is 4.69. The molecule has 0 spiro atoms. The summed E-state index contributed by atoms with van der Waals surface area (Å²) in [5.41, 5.74) is 1.83. The van der Waals surface area contributed by atoms with Gasteiger partial charge in [0.2, 0.25) is 5.91 Å². The number of hydrogen-bond acceptors (Lipinski definition) is 9. The number of hydrogen-bond donors (Lipinski definition) is 1. The molecule has 5 heterocycles. The standard InChI is InChI=1S/C22H25N5O3S3/c1-12(2)32-20-24-19-17(14-8-22(3,4)30-10-15(14)33-19)18-25-26-21(27(18)20)31-11-16(28)23-9-13-6-5-7-29-13/h5-7,12H,8-11H2,1-4H3,(H,23,28). The third-order valence-electron chi connectivity index (χ3n) is 5.23. The molecule has 1 N–H and O–H groups in total. The zero-order valence-electron chi connectivity index (χ0n) is 18.9. The van der Waals surface area contributed by atoms with Crippen LogP contribution in [-0.2, 0) is 29.1 Å². The smallest absolute Gasteiger partial charge is 0.230 e. The second-order valence-electron chi connectivity index (χ2n) is 8.76. The lowest BCUT2D eigenvalue weighted by Crippen LogP contribution is -2.31. The topological polar surface area (TPSA) is 94.5 Å². The maximum Gasteiger partial charge on any atom is 0.230 e. The molecule has 0 aromatic carbocycles. The van der Waals surface area contributed by atoms with Gasteiger partial charge in [0.05, 0.1) is 36.2 Å². The van der Waals surface area contributed by atoms with Crippen LogP contribution in [0.3, 0.4) is 0 Å². The number of thiophene rings is 1. The zero-order valence-corrected chi connectivity index (χ0v) is 21.3. The molecule has 33 heavy (non-hydrogen) atoms. The molecule has 1 aliphatic rings. The fourth-order valence-electron chi connectivity index (χ4n) is 3.75. The lowest BCUT2D eigenvalue weighted by molar-refractivity contribution is -0.118. The van der Waals surface area contributed by atoms with Crippen molar-refractivity contribution in [3.05, 3.63) is 34.6 Å². The van der Waals surface area contributed by atoms with E-state index in [0.29, 0.717) is 23.6 Å². The molecular formula is C22H25N5O3S3. The maximum absolute atomic E-state index is 12.4. The molecule has 0 aliphatic carbocycles. The lowest BCUT2D eigenvalue weighted by Gasteiger charge is -2.30. The van der Waals surface area contributed by atoms with Gasteiger partial charge >= 0.3 is 0 Å². The summed E-state index contributed by atoms with van der Waals surface area (Å²) in [5, 5.41) is 14.8. The molecule has 0 bridgehead atoms. The normalized spacial score (nSPS) is 15.4. The molecule has 11 heteroatoms. The second kappa shape index (κ2) is 8.94. The Bertz CT molecular complexity index is 1310. The molecule has 1 aliphatic heterocycles. The van der Waals surface area contributed by atoms with Gasteiger partial charge in [0.1, 0.15) is 10.6 Å². The Balaban J connectivity index is 1.48. The Morgan fingerprint density at radius 3 is 2.94 bits per heavy atom. The van der Waals surface area contributed by atoms with Crippen molar-refractivity contribution < 1.29 is 13.9 Å². The Kier molecular flexibility index (Phi) is 6.15. The molecule has 0 radical (unpaired) electrons. The summed E-state index contributed by atoms with van der Waals surface area (Å²) in [5.74, 6) is 0.859. The molecule has 8 nitrogen and oxygen atoms in total. The number of amides is 1. The molecule has 0 unspecified atom stereocenters. The summed E-state index contributed by atoms with van der Waals surface area (Å²) in [6.45, 7) is 9.45. The third kappa shape index (κ3) is 4.64. The van der Waals surface area contributed by atoms with Gasteiger partial charge in [-0.05, 0) is 31.5 Å². The molecule has 0 atom stereocenters. The predicted molar refractivity (Wildman–Crippen MR) is 131 cm³/mol. The molecule has 174 valence electrons. The Labute approximate surface area is 203 Å². The highest BCUT2D eigenvalue weighted by Gasteiger charge is 2.31. The summed E-state index contributed by atoms with van der Waals surface area (Å²) in [6, 6.07) is 3.64. The molecule has 0 saturated heterocycles. The number of furan rings is 1. The fourth-order valence-corrected chi connectivity index (χ4v) is 6.57. The first-order chi connectivity index (χ1) is 15.8. The number of rotatable bonds is 7. The van der Waals surface area contributed by atoms with Crippen LogP contribution in [0.25, 0.3) is 15.9 Å². The van der Waals surface area contributed by atoms with Gasteiger partial charge in [-0.3, -0.25) is 4.79 Å². The van der Waals surface area contributed by atoms with Crippen molar-refractivity contribution >= 4 is 56.6 Å². The number of fused-ring (bicyclic) bond motifs is 5. The number of nitrogens with zero attached hydrogens (tertiary/aromatic N) is 4. The highest BCUT2D eigenvalue weighted by molar-refractivity contribution is 8.00. The molecule has 1 amide bonds. The first kappa shape index (κ1) is 22.7. The van der Waals surface area contributed by atoms with Crippen LogP contribution < -0.4 is 5.32 Å². The third-order valence-corrected chi connectivity index (χ3v) is 8.21. The average molecular weight is 504 g/mol. The van der Waals surface area contributed by atoms with Gasteiger partial charge in [0.15, 0.2) is 16.0 Å². The van der Waals surface area contributed by atoms with E-state index in [1.165, 1.54) is 22.2 Å². The van der Waals surface area contributed by atoms with E-state index in [2.05, 4.69) is 43.2 Å². The van der Waals surface area contributed by atoms with Crippen LogP contribution in [0, 0.1) is 0 Å². The molecule has 4 aromatic heterocycles. The van der Waals surface area contributed by atoms with Crippen LogP contribution in [0.2, 0.25) is 0 Å². The highest BCUT2D eigenvalue weighted by Crippen LogP contribution is 2.41. The second-order valence-corrected chi connectivity index (χ2v) is 12.3. The lowest BCUT2D eigenvalue weighted by atomic mass is 9.94. The van der Waals surface area contributed by atoms with Gasteiger partial charge in [0.25, 0.3) is 0 Å². The number of nitrogens with one attached hydrogen (secondary N) is 1. The Hall–Kier alpha value is -2.08. The molecule has 5 rings (SSSR count). The quantitative estimate of drug-likeness (QED) is 0.287. The summed E-state index contributed by atoms with van der Waals surface area (Å²) in [4.78, 5) is 19.6. The van der Waals surface area contributed by atoms with Crippen LogP contribution in [0.4, 0.5) is 0 Å². The summed E-state index contributed by atoms with van der Waals surface area (Å²) in [7, 11) is 0. The van der Waals surface area contributed by atoms with E-state index in [1.54, 1.807) is 35.4 Å². The van der Waals surface area contributed by atoms with E-state index in [9.17, 15) is 4.79 Å². The summed E-state index contributed by atoms with van der Waals surface area (Å²) >= 11 is 4.71. The van der Waals surface area contributed by atoms with E-state index in [0.717, 1.165) is 33.2 Å². The molecule has 0 fully saturated rings. The van der Waals surface area contributed by atoms with Crippen molar-refractivity contribution in [2.24, 2.45) is 0 Å². The van der Waals surface area contributed by atoms with Gasteiger partial charge in [-0.15, -0.1) is 21.5 Å². The summed E-state index contributed by atoms with van der Waals surface area (Å²) < 4.78 is 13.3. The van der Waals surface area contributed by atoms with E-state index >= 15 is 0 Å². The number of thioether (sulfide) groups is 2. The number of carbonyl (C=O) groups excluding carboxylic acids is 1. The molecular weight excluding hydrogens is 478 g/mol. The minimum absolute atomic E-state index is 0.0907. The van der Waals surface area contributed by atoms with Crippen LogP contribution in [0.15, 0.2) is 33.1 Å². The van der Waals surface area contributed by atoms with Gasteiger partial charge in [-0.25, -0.2) is 9.38 Å². The van der Waals surface area contributed by atoms with E-state index in [-0.39, 0.29) is 17.3 Å². The maximum atomic E-state index is 12.4. The van der Waals surface area contributed by atoms with Crippen LogP contribution in [0.1, 0.15) is 43.9 Å². The molecule has 0 saturated carbocycles. The van der Waals surface area contributed by atoms with Crippen LogP contribution >= 0.6 is 34.9 Å². The minimum Gasteiger partial charge on any atom is -0.467 e. The SMILES string of the molecule is CC(C)Sc1nc2sc3c(c2c2nnc(SCC(=O)NCc4ccco4)n12)CC(C)(C)OC3. The van der Waals surface area contributed by atoms with E-state index in [1.807, 2.05) is 10.5 Å². The van der Waals surface area contributed by atoms with Gasteiger partial charge in [-0.1, -0.05) is 37.4 Å². The number of ether oxygens (including phenoxy) is 1. The molecule has 4 aromatic rings. The van der Waals surface area contributed by atoms with E-state index < -0.39 is 0 Å². The van der Waals surface area contributed by atoms with Crippen molar-refractivity contribution in [2.45, 2.75) is 68.4 Å². The first-order valence-corrected chi connectivity index (χ1v) is 13.4. The van der Waals surface area contributed by atoms with Crippen molar-refractivity contribution in [3.8, 4) is 0 Å². The average Bonchev–Trinajstić information content (AvgIpc) is 3.48. The minimum atomic E-state index is -0.229. The van der Waals surface area contributed by atoms with Crippen molar-refractivity contribution in [1.82, 2.24) is 24.9 Å². The van der Waals surface area contributed by atoms with E-state index in [4.69, 9.17) is 14.1 Å². The highest BCUT2D eigenvalue weighted by atomic mass is 32.2. The summed E-state index contributed by atoms with van der Waals surface area (Å²) in [6.07, 6.45) is 2.40. The largest absolute Gasteiger partial charge is 0.467 e. The number of carbonyl (C=O) groups is 1. The Morgan fingerprint density at radius 2 is 2.18 bits per heavy atom. The van der Waals surface area contributed by atoms with Crippen LogP contribution in [0.5, 0.6) is 0 Å². The van der Waals surface area contributed by atoms with Crippen molar-refractivity contribution in [1.29, 1.82) is 0 Å². The monoisotopic (exact) mass is 503 g/mol. The zero-order chi connectivity index (χ0) is 23.2. The fraction of sp³-hybridized carbons (Fsp3) is 0.455. The van der Waals surface area contributed by atoms with Crippen molar-refractivity contribution in [2.75, 3.05) is 5.75 Å². The van der Waals surface area contributed by atoms with Gasteiger partial charge in [-0.2, -0.15) is 0 Å². The van der Waals surface area contributed by atoms with Crippen molar-refractivity contribution in [3.63, 3.8) is 0 Å². The Morgan fingerprint density at radius 1 is 1.33 bits per heavy atom. The van der Waals surface area contributed by atoms with Gasteiger partial charge < -0.3 is 14.5 Å².